The van der Waals surface area contributed by atoms with Gasteiger partial charge < -0.3 is 5.32 Å². The molecule has 3 aromatic rings. The maximum atomic E-state index is 12.2. The standard InChI is InChI=1S/C20H20N2OS2/c1-14(2)25-17-10-8-15(9-11-17)12-19(23)22-20-21-18(13-24-20)16-6-4-3-5-7-16/h3-11,13-14H,12H2,1-2H3,(H,21,22,23). The van der Waals surface area contributed by atoms with Crippen molar-refractivity contribution in [2.75, 3.05) is 5.32 Å². The van der Waals surface area contributed by atoms with Crippen LogP contribution >= 0.6 is 23.1 Å². The Hall–Kier alpha value is -2.11. The Morgan fingerprint density at radius 2 is 1.84 bits per heavy atom. The molecule has 2 aromatic carbocycles. The molecule has 0 unspecified atom stereocenters. The first-order valence-electron chi connectivity index (χ1n) is 8.16. The van der Waals surface area contributed by atoms with Crippen LogP contribution in [0.1, 0.15) is 19.4 Å². The fraction of sp³-hybridized carbons (Fsp3) is 0.200. The molecule has 25 heavy (non-hydrogen) atoms. The number of aromatic nitrogens is 1. The summed E-state index contributed by atoms with van der Waals surface area (Å²) < 4.78 is 0. The van der Waals surface area contributed by atoms with Gasteiger partial charge in [0, 0.05) is 21.1 Å². The van der Waals surface area contributed by atoms with Crippen molar-refractivity contribution in [2.24, 2.45) is 0 Å². The van der Waals surface area contributed by atoms with E-state index in [1.165, 1.54) is 16.2 Å². The topological polar surface area (TPSA) is 42.0 Å². The minimum Gasteiger partial charge on any atom is -0.302 e. The van der Waals surface area contributed by atoms with Crippen molar-refractivity contribution in [2.45, 2.75) is 30.4 Å². The SMILES string of the molecule is CC(C)Sc1ccc(CC(=O)Nc2nc(-c3ccccc3)cs2)cc1. The molecular weight excluding hydrogens is 348 g/mol. The lowest BCUT2D eigenvalue weighted by molar-refractivity contribution is -0.115. The average molecular weight is 369 g/mol. The van der Waals surface area contributed by atoms with Crippen molar-refractivity contribution in [3.63, 3.8) is 0 Å². The second-order valence-corrected chi connectivity index (χ2v) is 8.45. The van der Waals surface area contributed by atoms with Gasteiger partial charge in [-0.1, -0.05) is 56.3 Å². The molecule has 0 aliphatic carbocycles. The number of thiazole rings is 1. The zero-order chi connectivity index (χ0) is 17.6. The first kappa shape index (κ1) is 17.7. The minimum absolute atomic E-state index is 0.0433. The van der Waals surface area contributed by atoms with Crippen LogP contribution in [0.15, 0.2) is 64.9 Å². The van der Waals surface area contributed by atoms with Crippen molar-refractivity contribution in [3.05, 3.63) is 65.5 Å². The first-order chi connectivity index (χ1) is 12.1. The van der Waals surface area contributed by atoms with Crippen molar-refractivity contribution in [1.82, 2.24) is 4.98 Å². The minimum atomic E-state index is -0.0433. The number of nitrogens with zero attached hydrogens (tertiary/aromatic N) is 1. The Morgan fingerprint density at radius 1 is 1.12 bits per heavy atom. The zero-order valence-corrected chi connectivity index (χ0v) is 15.9. The van der Waals surface area contributed by atoms with Gasteiger partial charge in [-0.15, -0.1) is 23.1 Å². The van der Waals surface area contributed by atoms with Gasteiger partial charge in [0.25, 0.3) is 0 Å². The molecule has 3 nitrogen and oxygen atoms in total. The van der Waals surface area contributed by atoms with E-state index in [2.05, 4.69) is 36.3 Å². The van der Waals surface area contributed by atoms with E-state index >= 15 is 0 Å². The third-order valence-corrected chi connectivity index (χ3v) is 5.25. The summed E-state index contributed by atoms with van der Waals surface area (Å²) in [7, 11) is 0. The number of carbonyl (C=O) groups excluding carboxylic acids is 1. The third kappa shape index (κ3) is 5.18. The summed E-state index contributed by atoms with van der Waals surface area (Å²) in [6, 6.07) is 18.1. The molecule has 0 aliphatic heterocycles. The smallest absolute Gasteiger partial charge is 0.230 e. The number of anilines is 1. The molecule has 5 heteroatoms. The van der Waals surface area contributed by atoms with Crippen molar-refractivity contribution < 1.29 is 4.79 Å². The number of thioether (sulfide) groups is 1. The highest BCUT2D eigenvalue weighted by molar-refractivity contribution is 7.99. The van der Waals surface area contributed by atoms with E-state index in [-0.39, 0.29) is 5.91 Å². The van der Waals surface area contributed by atoms with Gasteiger partial charge in [-0.05, 0) is 17.7 Å². The van der Waals surface area contributed by atoms with E-state index in [9.17, 15) is 4.79 Å². The molecule has 1 N–H and O–H groups in total. The second kappa shape index (κ2) is 8.32. The summed E-state index contributed by atoms with van der Waals surface area (Å²) in [5.74, 6) is -0.0433. The summed E-state index contributed by atoms with van der Waals surface area (Å²) in [6.07, 6.45) is 0.354. The van der Waals surface area contributed by atoms with Crippen LogP contribution in [0.4, 0.5) is 5.13 Å². The highest BCUT2D eigenvalue weighted by Gasteiger charge is 2.09. The molecule has 0 atom stereocenters. The Bertz CT molecular complexity index is 826. The highest BCUT2D eigenvalue weighted by atomic mass is 32.2. The van der Waals surface area contributed by atoms with Gasteiger partial charge in [-0.2, -0.15) is 0 Å². The fourth-order valence-electron chi connectivity index (χ4n) is 2.38. The molecule has 0 saturated heterocycles. The van der Waals surface area contributed by atoms with Crippen molar-refractivity contribution in [3.8, 4) is 11.3 Å². The molecule has 1 amide bonds. The predicted molar refractivity (Wildman–Crippen MR) is 107 cm³/mol. The first-order valence-corrected chi connectivity index (χ1v) is 9.92. The third-order valence-electron chi connectivity index (χ3n) is 3.48. The number of rotatable bonds is 6. The summed E-state index contributed by atoms with van der Waals surface area (Å²) in [4.78, 5) is 18.0. The second-order valence-electron chi connectivity index (χ2n) is 5.94. The molecule has 0 aliphatic rings. The highest BCUT2D eigenvalue weighted by Crippen LogP contribution is 2.25. The van der Waals surface area contributed by atoms with E-state index in [1.807, 2.05) is 59.6 Å². The van der Waals surface area contributed by atoms with Crippen LogP contribution in [0.5, 0.6) is 0 Å². The molecule has 0 radical (unpaired) electrons. The molecule has 0 saturated carbocycles. The quantitative estimate of drug-likeness (QED) is 0.585. The van der Waals surface area contributed by atoms with Crippen LogP contribution in [0.25, 0.3) is 11.3 Å². The molecule has 0 bridgehead atoms. The van der Waals surface area contributed by atoms with Crippen LogP contribution in [0, 0.1) is 0 Å². The zero-order valence-electron chi connectivity index (χ0n) is 14.2. The Balaban J connectivity index is 1.58. The van der Waals surface area contributed by atoms with Crippen LogP contribution in [0.2, 0.25) is 0 Å². The van der Waals surface area contributed by atoms with Gasteiger partial charge in [0.15, 0.2) is 5.13 Å². The summed E-state index contributed by atoms with van der Waals surface area (Å²) in [5.41, 5.74) is 2.94. The van der Waals surface area contributed by atoms with Gasteiger partial charge in [0.1, 0.15) is 0 Å². The Kier molecular flexibility index (Phi) is 5.89. The van der Waals surface area contributed by atoms with Gasteiger partial charge >= 0.3 is 0 Å². The van der Waals surface area contributed by atoms with E-state index in [0.29, 0.717) is 16.8 Å². The maximum Gasteiger partial charge on any atom is 0.230 e. The lowest BCUT2D eigenvalue weighted by Gasteiger charge is -2.06. The number of benzene rings is 2. The largest absolute Gasteiger partial charge is 0.302 e. The molecule has 0 spiro atoms. The monoisotopic (exact) mass is 368 g/mol. The van der Waals surface area contributed by atoms with Gasteiger partial charge in [-0.3, -0.25) is 4.79 Å². The molecule has 1 heterocycles. The number of hydrogen-bond acceptors (Lipinski definition) is 4. The van der Waals surface area contributed by atoms with Gasteiger partial charge in [0.05, 0.1) is 12.1 Å². The predicted octanol–water partition coefficient (Wildman–Crippen LogP) is 5.49. The van der Waals surface area contributed by atoms with Crippen LogP contribution in [-0.4, -0.2) is 16.1 Å². The number of nitrogens with one attached hydrogen (secondary N) is 1. The lowest BCUT2D eigenvalue weighted by atomic mass is 10.1. The van der Waals surface area contributed by atoms with Crippen molar-refractivity contribution >= 4 is 34.1 Å². The summed E-state index contributed by atoms with van der Waals surface area (Å²) >= 11 is 3.27. The number of carbonyl (C=O) groups is 1. The Morgan fingerprint density at radius 3 is 2.52 bits per heavy atom. The normalized spacial score (nSPS) is 10.8. The number of hydrogen-bond donors (Lipinski definition) is 1. The Labute approximate surface area is 156 Å². The van der Waals surface area contributed by atoms with E-state index < -0.39 is 0 Å². The van der Waals surface area contributed by atoms with Crippen LogP contribution < -0.4 is 5.32 Å². The number of amides is 1. The molecule has 1 aromatic heterocycles. The van der Waals surface area contributed by atoms with Gasteiger partial charge in [-0.25, -0.2) is 4.98 Å². The van der Waals surface area contributed by atoms with Crippen molar-refractivity contribution in [1.29, 1.82) is 0 Å². The summed E-state index contributed by atoms with van der Waals surface area (Å²) in [5, 5.41) is 6.04. The average Bonchev–Trinajstić information content (AvgIpc) is 3.05. The van der Waals surface area contributed by atoms with Crippen LogP contribution in [-0.2, 0) is 11.2 Å². The van der Waals surface area contributed by atoms with E-state index in [1.54, 1.807) is 0 Å². The van der Waals surface area contributed by atoms with Gasteiger partial charge in [0.2, 0.25) is 5.91 Å². The van der Waals surface area contributed by atoms with E-state index in [4.69, 9.17) is 0 Å². The molecule has 128 valence electrons. The van der Waals surface area contributed by atoms with E-state index in [0.717, 1.165) is 16.8 Å². The summed E-state index contributed by atoms with van der Waals surface area (Å²) in [6.45, 7) is 4.34. The molecule has 3 rings (SSSR count). The maximum absolute atomic E-state index is 12.2. The lowest BCUT2D eigenvalue weighted by Crippen LogP contribution is -2.14. The fourth-order valence-corrected chi connectivity index (χ4v) is 3.95. The molecular formula is C20H20N2OS2. The van der Waals surface area contributed by atoms with Crippen LogP contribution in [0.3, 0.4) is 0 Å². The molecule has 0 fully saturated rings.